The molecule has 4 aliphatic rings. The van der Waals surface area contributed by atoms with Gasteiger partial charge in [0.2, 0.25) is 0 Å². The maximum absolute atomic E-state index is 14.9. The second-order valence-electron chi connectivity index (χ2n) is 21.6. The van der Waals surface area contributed by atoms with E-state index in [0.29, 0.717) is 89.3 Å². The number of carbonyl (C=O) groups excluding carboxylic acids is 4. The third kappa shape index (κ3) is 14.1. The fourth-order valence-electron chi connectivity index (χ4n) is 10.3. The van der Waals surface area contributed by atoms with E-state index in [0.717, 1.165) is 108 Å². The number of aromatic nitrogens is 4. The Labute approximate surface area is 482 Å². The molecule has 2 saturated carbocycles. The summed E-state index contributed by atoms with van der Waals surface area (Å²) in [6.07, 6.45) is 13.7. The first kappa shape index (κ1) is 56.4. The van der Waals surface area contributed by atoms with Crippen LogP contribution in [0.5, 0.6) is 23.0 Å². The van der Waals surface area contributed by atoms with E-state index >= 15 is 0 Å². The summed E-state index contributed by atoms with van der Waals surface area (Å²) in [6, 6.07) is 23.9. The van der Waals surface area contributed by atoms with Gasteiger partial charge in [0.05, 0.1) is 59.3 Å². The van der Waals surface area contributed by atoms with Gasteiger partial charge in [0.25, 0.3) is 11.8 Å². The first-order valence-corrected chi connectivity index (χ1v) is 29.9. The predicted octanol–water partition coefficient (Wildman–Crippen LogP) is 11.3. The third-order valence-electron chi connectivity index (χ3n) is 15.2. The van der Waals surface area contributed by atoms with Crippen LogP contribution in [0.3, 0.4) is 0 Å². The zero-order chi connectivity index (χ0) is 56.7. The lowest BCUT2D eigenvalue weighted by Gasteiger charge is -2.34. The summed E-state index contributed by atoms with van der Waals surface area (Å²) in [6.45, 7) is 9.96. The van der Waals surface area contributed by atoms with E-state index < -0.39 is 11.6 Å². The highest BCUT2D eigenvalue weighted by Crippen LogP contribution is 2.41. The molecule has 2 amide bonds. The van der Waals surface area contributed by atoms with Gasteiger partial charge in [0.1, 0.15) is 23.1 Å². The van der Waals surface area contributed by atoms with E-state index in [1.165, 1.54) is 34.8 Å². The Bertz CT molecular complexity index is 3360. The number of piperazine rings is 2. The van der Waals surface area contributed by atoms with Crippen molar-refractivity contribution < 1.29 is 42.5 Å². The molecular weight excluding hydrogens is 1080 g/mol. The number of halogens is 2. The number of Topliss-reactive ketones (excluding diaryl/α,β-unsaturated/α-hetero) is 2. The van der Waals surface area contributed by atoms with Crippen LogP contribution in [0.25, 0.3) is 41.6 Å². The SMILES string of the molecule is CCCN1CCN(C(=O)c2ccc(-c3cc4nccc(Oc5ccc(CC(=O)CC6CC6)cc5F)c4s3)nc2)CC1.O=C(Cc1ccc(Oc2ccnc3cc(-c4ccc(C(=O)N5CCN(CCO)CC5)cn4)sc23)c(F)c1)CC1CC1. The second-order valence-corrected chi connectivity index (χ2v) is 23.7. The molecule has 12 rings (SSSR count). The smallest absolute Gasteiger partial charge is 0.255 e. The van der Waals surface area contributed by atoms with E-state index in [1.807, 2.05) is 40.1 Å². The molecular formula is C63H64F2N8O7S2. The minimum absolute atomic E-state index is 0.00853. The Morgan fingerprint density at radius 1 is 0.549 bits per heavy atom. The van der Waals surface area contributed by atoms with Crippen LogP contribution < -0.4 is 9.47 Å². The van der Waals surface area contributed by atoms with Gasteiger partial charge in [-0.3, -0.25) is 48.9 Å². The molecule has 424 valence electrons. The molecule has 0 spiro atoms. The molecule has 2 aromatic carbocycles. The standard InChI is InChI=1S/C32H33FN4O3S.C31H31FN4O4S/c1-2-11-36-12-14-37(15-13-36)32(39)23-6-7-26(35-20-23)30-19-27-31(41-30)29(9-10-34-27)40-28-8-5-22(18-25(28)33)17-24(38)16-21-3-4-21;32-24-17-21(16-23(38)15-20-1-2-20)3-6-27(24)40-28-7-8-33-26-18-29(41-30(26)28)25-5-4-22(19-34-25)31(39)36-11-9-35(10-12-36)13-14-37/h5-10,18-21H,2-4,11-17H2,1H3;3-8,17-20,37H,1-2,9-16H2. The Kier molecular flexibility index (Phi) is 17.8. The number of ether oxygens (including phenoxy) is 2. The number of hydrogen-bond acceptors (Lipinski definition) is 15. The minimum atomic E-state index is -0.514. The van der Waals surface area contributed by atoms with Gasteiger partial charge in [-0.1, -0.05) is 19.1 Å². The Balaban J connectivity index is 0.000000172. The number of β-amino-alcohol motifs (C(OH)–C–C–N with tert-alkyl or cyclic N) is 1. The quantitative estimate of drug-likeness (QED) is 0.0765. The molecule has 15 nitrogen and oxygen atoms in total. The molecule has 2 aliphatic heterocycles. The number of thiophene rings is 2. The van der Waals surface area contributed by atoms with E-state index in [-0.39, 0.29) is 54.3 Å². The number of fused-ring (bicyclic) bond motifs is 2. The van der Waals surface area contributed by atoms with Gasteiger partial charge in [-0.2, -0.15) is 0 Å². The van der Waals surface area contributed by atoms with Gasteiger partial charge in [-0.05, 0) is 122 Å². The second kappa shape index (κ2) is 25.8. The lowest BCUT2D eigenvalue weighted by Crippen LogP contribution is -2.49. The van der Waals surface area contributed by atoms with Crippen molar-refractivity contribution in [2.75, 3.05) is 72.1 Å². The van der Waals surface area contributed by atoms with Crippen molar-refractivity contribution in [3.05, 3.63) is 144 Å². The lowest BCUT2D eigenvalue weighted by atomic mass is 10.0. The van der Waals surface area contributed by atoms with Crippen LogP contribution in [0.4, 0.5) is 8.78 Å². The highest BCUT2D eigenvalue weighted by Gasteiger charge is 2.27. The number of ketones is 2. The molecule has 8 heterocycles. The van der Waals surface area contributed by atoms with Crippen molar-refractivity contribution in [3.8, 4) is 44.1 Å². The molecule has 2 aliphatic carbocycles. The molecule has 4 fully saturated rings. The largest absolute Gasteiger partial charge is 0.453 e. The summed E-state index contributed by atoms with van der Waals surface area (Å²) >= 11 is 2.89. The zero-order valence-corrected chi connectivity index (χ0v) is 47.4. The van der Waals surface area contributed by atoms with Gasteiger partial charge in [-0.15, -0.1) is 22.7 Å². The van der Waals surface area contributed by atoms with E-state index in [9.17, 15) is 28.0 Å². The van der Waals surface area contributed by atoms with Crippen molar-refractivity contribution in [1.29, 1.82) is 0 Å². The summed E-state index contributed by atoms with van der Waals surface area (Å²) in [4.78, 5) is 78.4. The van der Waals surface area contributed by atoms with Gasteiger partial charge >= 0.3 is 0 Å². The highest BCUT2D eigenvalue weighted by atomic mass is 32.1. The Morgan fingerprint density at radius 3 is 1.37 bits per heavy atom. The molecule has 0 radical (unpaired) electrons. The predicted molar refractivity (Wildman–Crippen MR) is 313 cm³/mol. The van der Waals surface area contributed by atoms with Crippen molar-refractivity contribution in [2.45, 2.75) is 64.7 Å². The first-order chi connectivity index (χ1) is 39.9. The summed E-state index contributed by atoms with van der Waals surface area (Å²) < 4.78 is 43.3. The normalized spacial score (nSPS) is 15.8. The maximum Gasteiger partial charge on any atom is 0.255 e. The number of carbonyl (C=O) groups is 4. The number of aliphatic hydroxyl groups is 1. The molecule has 82 heavy (non-hydrogen) atoms. The van der Waals surface area contributed by atoms with Crippen molar-refractivity contribution in [3.63, 3.8) is 0 Å². The van der Waals surface area contributed by atoms with Crippen LogP contribution in [0.15, 0.2) is 110 Å². The molecule has 6 aromatic heterocycles. The first-order valence-electron chi connectivity index (χ1n) is 28.2. The number of nitrogens with zero attached hydrogens (tertiary/aromatic N) is 8. The molecule has 1 N–H and O–H groups in total. The molecule has 0 atom stereocenters. The molecule has 8 aromatic rings. The van der Waals surface area contributed by atoms with E-state index in [1.54, 1.807) is 67.3 Å². The average Bonchev–Trinajstić information content (AvgIpc) is 4.48. The monoisotopic (exact) mass is 1150 g/mol. The van der Waals surface area contributed by atoms with Crippen molar-refractivity contribution >= 4 is 66.5 Å². The number of pyridine rings is 4. The van der Waals surface area contributed by atoms with Gasteiger partial charge in [0, 0.05) is 122 Å². The summed E-state index contributed by atoms with van der Waals surface area (Å²) in [7, 11) is 0. The number of benzene rings is 2. The highest BCUT2D eigenvalue weighted by molar-refractivity contribution is 7.23. The van der Waals surface area contributed by atoms with Gasteiger partial charge in [-0.25, -0.2) is 8.78 Å². The molecule has 0 unspecified atom stereocenters. The van der Waals surface area contributed by atoms with E-state index in [4.69, 9.17) is 14.6 Å². The fraction of sp³-hybridized carbons (Fsp3) is 0.365. The molecule has 2 saturated heterocycles. The maximum atomic E-state index is 14.9. The van der Waals surface area contributed by atoms with Crippen LogP contribution in [-0.2, 0) is 22.4 Å². The van der Waals surface area contributed by atoms with Crippen molar-refractivity contribution in [1.82, 2.24) is 39.5 Å². The molecule has 19 heteroatoms. The summed E-state index contributed by atoms with van der Waals surface area (Å²) in [5.74, 6) is 1.43. The number of hydrogen-bond donors (Lipinski definition) is 1. The number of aliphatic hydroxyl groups excluding tert-OH is 1. The van der Waals surface area contributed by atoms with Crippen LogP contribution >= 0.6 is 22.7 Å². The third-order valence-corrected chi connectivity index (χ3v) is 17.5. The van der Waals surface area contributed by atoms with Crippen molar-refractivity contribution in [2.24, 2.45) is 11.8 Å². The van der Waals surface area contributed by atoms with E-state index in [2.05, 4.69) is 36.7 Å². The topological polar surface area (TPSA) is 171 Å². The molecule has 0 bridgehead atoms. The van der Waals surface area contributed by atoms with Gasteiger partial charge in [0.15, 0.2) is 23.1 Å². The Hall–Kier alpha value is -7.42. The zero-order valence-electron chi connectivity index (χ0n) is 45.7. The summed E-state index contributed by atoms with van der Waals surface area (Å²) in [5.41, 5.74) is 5.27. The van der Waals surface area contributed by atoms with Crippen LogP contribution in [-0.4, -0.2) is 140 Å². The van der Waals surface area contributed by atoms with Crippen LogP contribution in [0.2, 0.25) is 0 Å². The number of amides is 2. The number of rotatable bonds is 20. The fourth-order valence-corrected chi connectivity index (χ4v) is 12.4. The van der Waals surface area contributed by atoms with Crippen LogP contribution in [0.1, 0.15) is 83.7 Å². The van der Waals surface area contributed by atoms with Crippen LogP contribution in [0, 0.1) is 23.5 Å². The Morgan fingerprint density at radius 2 is 0.988 bits per heavy atom. The minimum Gasteiger partial charge on any atom is -0.453 e. The van der Waals surface area contributed by atoms with Gasteiger partial charge < -0.3 is 24.4 Å². The average molecular weight is 1150 g/mol. The lowest BCUT2D eigenvalue weighted by molar-refractivity contribution is -0.119. The summed E-state index contributed by atoms with van der Waals surface area (Å²) in [5, 5.41) is 9.12.